The number of carbonyl (C=O) groups is 1. The smallest absolute Gasteiger partial charge is 0.227 e. The lowest BCUT2D eigenvalue weighted by Crippen LogP contribution is -2.69. The summed E-state index contributed by atoms with van der Waals surface area (Å²) in [6, 6.07) is 1.95. The molecule has 1 amide bonds. The van der Waals surface area contributed by atoms with Gasteiger partial charge in [-0.05, 0) is 34.7 Å². The Kier molecular flexibility index (Phi) is 4.64. The number of nitrogens with zero attached hydrogens (tertiary/aromatic N) is 2. The van der Waals surface area contributed by atoms with Gasteiger partial charge in [-0.25, -0.2) is 8.42 Å². The average Bonchev–Trinajstić information content (AvgIpc) is 3.13. The second kappa shape index (κ2) is 6.64. The van der Waals surface area contributed by atoms with Crippen LogP contribution in [0.2, 0.25) is 0 Å². The van der Waals surface area contributed by atoms with Crippen molar-refractivity contribution in [1.29, 1.82) is 0 Å². The lowest BCUT2D eigenvalue weighted by Gasteiger charge is -2.51. The van der Waals surface area contributed by atoms with Crippen molar-refractivity contribution in [1.82, 2.24) is 9.80 Å². The number of rotatable bonds is 4. The first kappa shape index (κ1) is 17.5. The van der Waals surface area contributed by atoms with Crippen LogP contribution in [-0.4, -0.2) is 80.6 Å². The molecule has 4 rings (SSSR count). The van der Waals surface area contributed by atoms with Crippen LogP contribution in [0.1, 0.15) is 12.0 Å². The van der Waals surface area contributed by atoms with E-state index in [1.165, 1.54) is 0 Å². The van der Waals surface area contributed by atoms with E-state index in [4.69, 9.17) is 4.74 Å². The van der Waals surface area contributed by atoms with E-state index in [9.17, 15) is 13.2 Å². The number of morpholine rings is 1. The van der Waals surface area contributed by atoms with Gasteiger partial charge in [-0.3, -0.25) is 9.69 Å². The molecule has 1 spiro atoms. The van der Waals surface area contributed by atoms with Crippen LogP contribution < -0.4 is 0 Å². The third-order valence-electron chi connectivity index (χ3n) is 5.89. The van der Waals surface area contributed by atoms with Gasteiger partial charge in [-0.2, -0.15) is 11.3 Å². The molecule has 0 radical (unpaired) electrons. The van der Waals surface area contributed by atoms with E-state index in [1.54, 1.807) is 16.2 Å². The van der Waals surface area contributed by atoms with E-state index in [0.29, 0.717) is 25.9 Å². The monoisotopic (exact) mass is 384 g/mol. The number of ether oxygens (including phenoxy) is 1. The zero-order valence-corrected chi connectivity index (χ0v) is 15.9. The highest BCUT2D eigenvalue weighted by Crippen LogP contribution is 2.45. The molecular weight excluding hydrogens is 360 g/mol. The van der Waals surface area contributed by atoms with Gasteiger partial charge in [0.2, 0.25) is 5.91 Å². The maximum absolute atomic E-state index is 12.7. The van der Waals surface area contributed by atoms with Crippen LogP contribution in [0.3, 0.4) is 0 Å². The first-order valence-electron chi connectivity index (χ1n) is 8.81. The summed E-state index contributed by atoms with van der Waals surface area (Å²) in [6.07, 6.45) is 1.08. The Hall–Kier alpha value is -0.960. The summed E-state index contributed by atoms with van der Waals surface area (Å²) >= 11 is 1.57. The maximum Gasteiger partial charge on any atom is 0.227 e. The largest absolute Gasteiger partial charge is 0.379 e. The zero-order chi connectivity index (χ0) is 17.5. The number of hydrogen-bond donors (Lipinski definition) is 0. The van der Waals surface area contributed by atoms with E-state index in [2.05, 4.69) is 4.90 Å². The minimum atomic E-state index is -3.13. The van der Waals surface area contributed by atoms with Crippen LogP contribution in [0.5, 0.6) is 0 Å². The molecule has 0 aliphatic carbocycles. The van der Waals surface area contributed by atoms with Crippen LogP contribution in [0.4, 0.5) is 0 Å². The fraction of sp³-hybridized carbons (Fsp3) is 0.706. The average molecular weight is 385 g/mol. The maximum atomic E-state index is 12.7. The van der Waals surface area contributed by atoms with Crippen molar-refractivity contribution in [3.63, 3.8) is 0 Å². The molecule has 3 saturated heterocycles. The van der Waals surface area contributed by atoms with E-state index in [0.717, 1.165) is 38.4 Å². The van der Waals surface area contributed by atoms with Gasteiger partial charge in [0, 0.05) is 32.7 Å². The van der Waals surface area contributed by atoms with Crippen LogP contribution >= 0.6 is 11.3 Å². The second-order valence-electron chi connectivity index (χ2n) is 7.34. The first-order chi connectivity index (χ1) is 12.0. The Morgan fingerprint density at radius 1 is 1.32 bits per heavy atom. The molecule has 4 heterocycles. The molecule has 0 bridgehead atoms. The van der Waals surface area contributed by atoms with E-state index < -0.39 is 14.6 Å². The molecule has 1 aromatic heterocycles. The van der Waals surface area contributed by atoms with Gasteiger partial charge in [0.15, 0.2) is 9.84 Å². The number of likely N-dealkylation sites (tertiary alicyclic amines) is 1. The summed E-state index contributed by atoms with van der Waals surface area (Å²) in [7, 11) is -3.13. The molecule has 8 heteroatoms. The summed E-state index contributed by atoms with van der Waals surface area (Å²) in [5.41, 5.74) is 1.01. The van der Waals surface area contributed by atoms with Crippen molar-refractivity contribution in [2.24, 2.45) is 5.92 Å². The van der Waals surface area contributed by atoms with Gasteiger partial charge in [0.1, 0.15) is 4.75 Å². The van der Waals surface area contributed by atoms with Gasteiger partial charge < -0.3 is 9.64 Å². The summed E-state index contributed by atoms with van der Waals surface area (Å²) in [6.45, 7) is 4.71. The quantitative estimate of drug-likeness (QED) is 0.762. The molecule has 3 aliphatic rings. The molecule has 0 aromatic carbocycles. The van der Waals surface area contributed by atoms with Crippen LogP contribution in [0, 0.1) is 5.92 Å². The number of hydrogen-bond acceptors (Lipinski definition) is 6. The molecule has 1 atom stereocenters. The molecule has 3 aliphatic heterocycles. The highest BCUT2D eigenvalue weighted by Gasteiger charge is 2.62. The standard InChI is InChI=1S/C17H24N2O4S2/c20-16(9-14-1-7-24-11-14)19-12-17(13-19)15(2-8-25(17,21)22)10-18-3-5-23-6-4-18/h1,7,11,15H,2-6,8-10,12-13H2. The minimum absolute atomic E-state index is 0.0382. The summed E-state index contributed by atoms with van der Waals surface area (Å²) in [4.78, 5) is 16.5. The normalized spacial score (nSPS) is 28.2. The molecule has 0 saturated carbocycles. The fourth-order valence-electron chi connectivity index (χ4n) is 4.28. The Morgan fingerprint density at radius 2 is 2.08 bits per heavy atom. The molecule has 138 valence electrons. The van der Waals surface area contributed by atoms with Crippen LogP contribution in [-0.2, 0) is 25.8 Å². The second-order valence-corrected chi connectivity index (χ2v) is 10.6. The van der Waals surface area contributed by atoms with Gasteiger partial charge >= 0.3 is 0 Å². The summed E-state index contributed by atoms with van der Waals surface area (Å²) in [5, 5.41) is 3.93. The molecule has 25 heavy (non-hydrogen) atoms. The Balaban J connectivity index is 1.42. The molecule has 1 aromatic rings. The van der Waals surface area contributed by atoms with E-state index in [-0.39, 0.29) is 17.6 Å². The van der Waals surface area contributed by atoms with Crippen molar-refractivity contribution in [2.75, 3.05) is 51.7 Å². The van der Waals surface area contributed by atoms with Crippen LogP contribution in [0.15, 0.2) is 16.8 Å². The summed E-state index contributed by atoms with van der Waals surface area (Å²) < 4.78 is 30.1. The number of amides is 1. The lowest BCUT2D eigenvalue weighted by molar-refractivity contribution is -0.136. The van der Waals surface area contributed by atoms with Gasteiger partial charge in [-0.15, -0.1) is 0 Å². The van der Waals surface area contributed by atoms with Crippen molar-refractivity contribution in [2.45, 2.75) is 17.6 Å². The third-order valence-corrected chi connectivity index (χ3v) is 9.22. The lowest BCUT2D eigenvalue weighted by atomic mass is 9.82. The number of carbonyl (C=O) groups excluding carboxylic acids is 1. The Labute approximate surface area is 152 Å². The van der Waals surface area contributed by atoms with Crippen LogP contribution in [0.25, 0.3) is 0 Å². The predicted molar refractivity (Wildman–Crippen MR) is 96.5 cm³/mol. The predicted octanol–water partition coefficient (Wildman–Crippen LogP) is 0.639. The number of thiophene rings is 1. The van der Waals surface area contributed by atoms with E-state index in [1.807, 2.05) is 16.8 Å². The third kappa shape index (κ3) is 3.13. The Morgan fingerprint density at radius 3 is 2.76 bits per heavy atom. The summed E-state index contributed by atoms with van der Waals surface area (Å²) in [5.74, 6) is 0.422. The van der Waals surface area contributed by atoms with Crippen molar-refractivity contribution in [3.8, 4) is 0 Å². The minimum Gasteiger partial charge on any atom is -0.379 e. The molecule has 6 nitrogen and oxygen atoms in total. The van der Waals surface area contributed by atoms with Crippen molar-refractivity contribution < 1.29 is 17.9 Å². The topological polar surface area (TPSA) is 66.9 Å². The molecule has 1 unspecified atom stereocenters. The molecular formula is C17H24N2O4S2. The highest BCUT2D eigenvalue weighted by atomic mass is 32.2. The zero-order valence-electron chi connectivity index (χ0n) is 14.2. The molecule has 3 fully saturated rings. The SMILES string of the molecule is O=C(Cc1ccsc1)N1CC2(C1)C(CN1CCOCC1)CCS2(=O)=O. The number of sulfone groups is 1. The van der Waals surface area contributed by atoms with Crippen molar-refractivity contribution >= 4 is 27.1 Å². The Bertz CT molecular complexity index is 720. The molecule has 0 N–H and O–H groups in total. The van der Waals surface area contributed by atoms with Gasteiger partial charge in [0.05, 0.1) is 25.4 Å². The van der Waals surface area contributed by atoms with E-state index >= 15 is 0 Å². The fourth-order valence-corrected chi connectivity index (χ4v) is 7.36. The van der Waals surface area contributed by atoms with Gasteiger partial charge in [0.25, 0.3) is 0 Å². The highest BCUT2D eigenvalue weighted by molar-refractivity contribution is 7.93. The first-order valence-corrected chi connectivity index (χ1v) is 11.4. The van der Waals surface area contributed by atoms with Crippen molar-refractivity contribution in [3.05, 3.63) is 22.4 Å². The van der Waals surface area contributed by atoms with Gasteiger partial charge in [-0.1, -0.05) is 0 Å².